The Morgan fingerprint density at radius 1 is 1.10 bits per heavy atom. The molecule has 1 aliphatic carbocycles. The average molecular weight is 419 g/mol. The van der Waals surface area contributed by atoms with E-state index in [1.165, 1.54) is 12.8 Å². The third-order valence-corrected chi connectivity index (χ3v) is 5.89. The molecule has 0 spiro atoms. The van der Waals surface area contributed by atoms with Crippen LogP contribution >= 0.6 is 0 Å². The summed E-state index contributed by atoms with van der Waals surface area (Å²) in [5, 5.41) is 7.24. The Bertz CT molecular complexity index is 1030. The van der Waals surface area contributed by atoms with Crippen LogP contribution in [-0.2, 0) is 0 Å². The lowest BCUT2D eigenvalue weighted by molar-refractivity contribution is 0.184. The zero-order chi connectivity index (χ0) is 21.0. The number of carbonyl (C=O) groups excluding carboxylic acids is 1. The highest BCUT2D eigenvalue weighted by Crippen LogP contribution is 2.32. The molecule has 1 atom stereocenters. The largest absolute Gasteiger partial charge is 0.488 e. The van der Waals surface area contributed by atoms with Crippen molar-refractivity contribution in [1.29, 1.82) is 0 Å². The van der Waals surface area contributed by atoms with Gasteiger partial charge >= 0.3 is 6.03 Å². The molecule has 1 N–H and O–H groups in total. The van der Waals surface area contributed by atoms with E-state index >= 15 is 0 Å². The van der Waals surface area contributed by atoms with Crippen LogP contribution in [0.5, 0.6) is 5.75 Å². The molecule has 0 radical (unpaired) electrons. The Labute approximate surface area is 180 Å². The number of nitrogens with one attached hydrogen (secondary N) is 1. The summed E-state index contributed by atoms with van der Waals surface area (Å²) in [6.45, 7) is 1.26. The Morgan fingerprint density at radius 2 is 1.90 bits per heavy atom. The minimum Gasteiger partial charge on any atom is -0.488 e. The molecule has 5 rings (SSSR count). The normalized spacial score (nSPS) is 19.0. The van der Waals surface area contributed by atoms with Crippen LogP contribution in [0.25, 0.3) is 22.8 Å². The molecular weight excluding hydrogens is 394 g/mol. The van der Waals surface area contributed by atoms with Crippen molar-refractivity contribution >= 4 is 6.03 Å². The molecule has 3 heterocycles. The minimum atomic E-state index is -0.0712. The number of likely N-dealkylation sites (tertiary alicyclic amines) is 1. The lowest BCUT2D eigenvalue weighted by atomic mass is 10.2. The van der Waals surface area contributed by atoms with Crippen molar-refractivity contribution in [3.63, 3.8) is 0 Å². The van der Waals surface area contributed by atoms with E-state index in [0.717, 1.165) is 30.4 Å². The maximum absolute atomic E-state index is 12.5. The van der Waals surface area contributed by atoms with Gasteiger partial charge in [0.05, 0.1) is 12.1 Å². The third-order valence-electron chi connectivity index (χ3n) is 5.89. The van der Waals surface area contributed by atoms with Crippen LogP contribution in [-0.4, -0.2) is 51.3 Å². The van der Waals surface area contributed by atoms with Gasteiger partial charge in [-0.25, -0.2) is 4.79 Å². The SMILES string of the molecule is O=C(NC1CCCC1)N1CCC(Oc2ccccc2-c2nc(-c3ccncc3)no2)C1. The molecule has 8 nitrogen and oxygen atoms in total. The van der Waals surface area contributed by atoms with E-state index in [2.05, 4.69) is 20.4 Å². The van der Waals surface area contributed by atoms with Crippen LogP contribution in [0.1, 0.15) is 32.1 Å². The summed E-state index contributed by atoms with van der Waals surface area (Å²) < 4.78 is 11.8. The molecule has 2 aromatic heterocycles. The minimum absolute atomic E-state index is 0.0187. The maximum atomic E-state index is 12.5. The number of aromatic nitrogens is 3. The highest BCUT2D eigenvalue weighted by atomic mass is 16.5. The van der Waals surface area contributed by atoms with E-state index < -0.39 is 0 Å². The van der Waals surface area contributed by atoms with Crippen LogP contribution in [0.15, 0.2) is 53.3 Å². The number of ether oxygens (including phenoxy) is 1. The maximum Gasteiger partial charge on any atom is 0.317 e. The van der Waals surface area contributed by atoms with Gasteiger partial charge in [-0.3, -0.25) is 4.98 Å². The molecule has 0 bridgehead atoms. The van der Waals surface area contributed by atoms with Crippen molar-refractivity contribution in [2.45, 2.75) is 44.2 Å². The predicted molar refractivity (Wildman–Crippen MR) is 114 cm³/mol. The van der Waals surface area contributed by atoms with Gasteiger partial charge in [-0.1, -0.05) is 30.1 Å². The first-order valence-corrected chi connectivity index (χ1v) is 10.8. The van der Waals surface area contributed by atoms with Crippen molar-refractivity contribution in [2.75, 3.05) is 13.1 Å². The number of benzene rings is 1. The summed E-state index contributed by atoms with van der Waals surface area (Å²) in [7, 11) is 0. The number of nitrogens with zero attached hydrogens (tertiary/aromatic N) is 4. The van der Waals surface area contributed by atoms with E-state index in [1.54, 1.807) is 12.4 Å². The molecule has 31 heavy (non-hydrogen) atoms. The zero-order valence-electron chi connectivity index (χ0n) is 17.2. The van der Waals surface area contributed by atoms with Crippen molar-refractivity contribution in [1.82, 2.24) is 25.3 Å². The van der Waals surface area contributed by atoms with Gasteiger partial charge in [0, 0.05) is 37.0 Å². The Hall–Kier alpha value is -3.42. The Morgan fingerprint density at radius 3 is 2.74 bits per heavy atom. The van der Waals surface area contributed by atoms with Crippen LogP contribution in [0.3, 0.4) is 0 Å². The van der Waals surface area contributed by atoms with Gasteiger partial charge in [0.25, 0.3) is 5.89 Å². The third kappa shape index (κ3) is 4.38. The molecule has 2 amide bonds. The van der Waals surface area contributed by atoms with E-state index in [9.17, 15) is 4.79 Å². The molecular formula is C23H25N5O3. The van der Waals surface area contributed by atoms with Crippen LogP contribution in [0.2, 0.25) is 0 Å². The number of rotatable bonds is 5. The Balaban J connectivity index is 1.26. The molecule has 8 heteroatoms. The van der Waals surface area contributed by atoms with Crippen LogP contribution < -0.4 is 10.1 Å². The fourth-order valence-corrected chi connectivity index (χ4v) is 4.22. The number of hydrogen-bond donors (Lipinski definition) is 1. The van der Waals surface area contributed by atoms with Gasteiger partial charge in [-0.15, -0.1) is 0 Å². The lowest BCUT2D eigenvalue weighted by Gasteiger charge is -2.21. The molecule has 2 aliphatic rings. The number of pyridine rings is 1. The number of para-hydroxylation sites is 1. The average Bonchev–Trinajstić information content (AvgIpc) is 3.57. The smallest absolute Gasteiger partial charge is 0.317 e. The topological polar surface area (TPSA) is 93.4 Å². The second-order valence-electron chi connectivity index (χ2n) is 8.06. The fourth-order valence-electron chi connectivity index (χ4n) is 4.22. The summed E-state index contributed by atoms with van der Waals surface area (Å²) in [6, 6.07) is 11.6. The number of amides is 2. The molecule has 1 saturated carbocycles. The number of urea groups is 1. The second-order valence-corrected chi connectivity index (χ2v) is 8.06. The highest BCUT2D eigenvalue weighted by Gasteiger charge is 2.30. The fraction of sp³-hybridized carbons (Fsp3) is 0.391. The van der Waals surface area contributed by atoms with E-state index in [1.807, 2.05) is 41.3 Å². The molecule has 1 unspecified atom stereocenters. The zero-order valence-corrected chi connectivity index (χ0v) is 17.2. The molecule has 160 valence electrons. The van der Waals surface area contributed by atoms with Crippen molar-refractivity contribution in [3.8, 4) is 28.6 Å². The quantitative estimate of drug-likeness (QED) is 0.674. The molecule has 3 aromatic rings. The monoisotopic (exact) mass is 419 g/mol. The molecule has 1 aliphatic heterocycles. The van der Waals surface area contributed by atoms with Gasteiger partial charge < -0.3 is 19.5 Å². The molecule has 1 aromatic carbocycles. The Kier molecular flexibility index (Phi) is 5.52. The van der Waals surface area contributed by atoms with Crippen LogP contribution in [0, 0.1) is 0 Å². The second kappa shape index (κ2) is 8.75. The van der Waals surface area contributed by atoms with Gasteiger partial charge in [-0.2, -0.15) is 4.98 Å². The summed E-state index contributed by atoms with van der Waals surface area (Å²) in [5.74, 6) is 1.58. The lowest BCUT2D eigenvalue weighted by Crippen LogP contribution is -2.43. The number of carbonyl (C=O) groups is 1. The standard InChI is InChI=1S/C23H25N5O3/c29-23(25-17-5-1-2-6-17)28-14-11-18(15-28)30-20-8-4-3-7-19(20)22-26-21(27-31-22)16-9-12-24-13-10-16/h3-4,7-10,12-13,17-18H,1-2,5-6,11,14-15H2,(H,25,29). The molecule has 1 saturated heterocycles. The first-order chi connectivity index (χ1) is 15.3. The summed E-state index contributed by atoms with van der Waals surface area (Å²) in [5.41, 5.74) is 1.58. The summed E-state index contributed by atoms with van der Waals surface area (Å²) in [4.78, 5) is 22.9. The summed E-state index contributed by atoms with van der Waals surface area (Å²) in [6.07, 6.45) is 8.67. The predicted octanol–water partition coefficient (Wildman–Crippen LogP) is 3.90. The van der Waals surface area contributed by atoms with Gasteiger partial charge in [0.2, 0.25) is 5.82 Å². The van der Waals surface area contributed by atoms with Gasteiger partial charge in [-0.05, 0) is 37.1 Å². The highest BCUT2D eigenvalue weighted by molar-refractivity contribution is 5.75. The van der Waals surface area contributed by atoms with E-state index in [-0.39, 0.29) is 12.1 Å². The van der Waals surface area contributed by atoms with Gasteiger partial charge in [0.1, 0.15) is 11.9 Å². The van der Waals surface area contributed by atoms with Crippen LogP contribution in [0.4, 0.5) is 4.79 Å². The summed E-state index contributed by atoms with van der Waals surface area (Å²) >= 11 is 0. The van der Waals surface area contributed by atoms with Crippen molar-refractivity contribution < 1.29 is 14.1 Å². The van der Waals surface area contributed by atoms with E-state index in [4.69, 9.17) is 9.26 Å². The van der Waals surface area contributed by atoms with Crippen molar-refractivity contribution in [2.24, 2.45) is 0 Å². The number of hydrogen-bond acceptors (Lipinski definition) is 6. The molecule has 2 fully saturated rings. The van der Waals surface area contributed by atoms with Gasteiger partial charge in [0.15, 0.2) is 0 Å². The van der Waals surface area contributed by atoms with E-state index in [0.29, 0.717) is 36.6 Å². The van der Waals surface area contributed by atoms with Crippen molar-refractivity contribution in [3.05, 3.63) is 48.8 Å². The first-order valence-electron chi connectivity index (χ1n) is 10.8. The first kappa shape index (κ1) is 19.5.